The molecular formula is C22H24N2O5. The summed E-state index contributed by atoms with van der Waals surface area (Å²) in [4.78, 5) is 12.6. The number of aromatic nitrogens is 1. The number of rotatable bonds is 8. The van der Waals surface area contributed by atoms with Crippen LogP contribution >= 0.6 is 0 Å². The summed E-state index contributed by atoms with van der Waals surface area (Å²) in [6.45, 7) is 4.35. The lowest BCUT2D eigenvalue weighted by Crippen LogP contribution is -2.23. The minimum atomic E-state index is -0.210. The fraction of sp³-hybridized carbons (Fsp3) is 0.273. The van der Waals surface area contributed by atoms with Gasteiger partial charge in [-0.3, -0.25) is 4.79 Å². The Kier molecular flexibility index (Phi) is 6.39. The Bertz CT molecular complexity index is 977. The molecule has 7 heteroatoms. The van der Waals surface area contributed by atoms with Gasteiger partial charge in [-0.05, 0) is 38.1 Å². The first kappa shape index (κ1) is 20.3. The fourth-order valence-corrected chi connectivity index (χ4v) is 2.96. The standard InChI is InChI=1S/C22H24N2O5/c1-14-19(15(2)29-24-14)13-28-18-9-5-7-16(11-18)22(25)23-12-17-8-6-10-20(26-3)21(17)27-4/h5-11H,12-13H2,1-4H3,(H,23,25). The molecule has 3 rings (SSSR count). The van der Waals surface area contributed by atoms with Gasteiger partial charge in [-0.25, -0.2) is 0 Å². The third-order valence-electron chi connectivity index (χ3n) is 4.58. The van der Waals surface area contributed by atoms with E-state index in [9.17, 15) is 4.79 Å². The number of nitrogens with one attached hydrogen (secondary N) is 1. The lowest BCUT2D eigenvalue weighted by atomic mass is 10.1. The van der Waals surface area contributed by atoms with E-state index in [-0.39, 0.29) is 5.91 Å². The molecular weight excluding hydrogens is 372 g/mol. The van der Waals surface area contributed by atoms with Crippen LogP contribution in [0.5, 0.6) is 17.2 Å². The molecule has 0 fully saturated rings. The van der Waals surface area contributed by atoms with Crippen molar-refractivity contribution in [3.8, 4) is 17.2 Å². The van der Waals surface area contributed by atoms with Crippen LogP contribution in [0.25, 0.3) is 0 Å². The van der Waals surface area contributed by atoms with E-state index in [2.05, 4.69) is 10.5 Å². The summed E-state index contributed by atoms with van der Waals surface area (Å²) in [6.07, 6.45) is 0. The number of hydrogen-bond acceptors (Lipinski definition) is 6. The van der Waals surface area contributed by atoms with Gasteiger partial charge in [-0.2, -0.15) is 0 Å². The minimum absolute atomic E-state index is 0.210. The summed E-state index contributed by atoms with van der Waals surface area (Å²) in [7, 11) is 3.15. The molecule has 0 aliphatic heterocycles. The zero-order valence-corrected chi connectivity index (χ0v) is 16.9. The molecule has 152 valence electrons. The molecule has 0 spiro atoms. The van der Waals surface area contributed by atoms with E-state index in [1.807, 2.05) is 32.0 Å². The van der Waals surface area contributed by atoms with Gasteiger partial charge in [0, 0.05) is 17.7 Å². The summed E-state index contributed by atoms with van der Waals surface area (Å²) >= 11 is 0. The maximum Gasteiger partial charge on any atom is 0.251 e. The highest BCUT2D eigenvalue weighted by molar-refractivity contribution is 5.94. The molecule has 1 heterocycles. The van der Waals surface area contributed by atoms with Crippen LogP contribution in [0.3, 0.4) is 0 Å². The number of carbonyl (C=O) groups excluding carboxylic acids is 1. The maximum absolute atomic E-state index is 12.6. The van der Waals surface area contributed by atoms with E-state index in [4.69, 9.17) is 18.7 Å². The largest absolute Gasteiger partial charge is 0.493 e. The van der Waals surface area contributed by atoms with Crippen LogP contribution in [0.15, 0.2) is 47.0 Å². The quantitative estimate of drug-likeness (QED) is 0.623. The van der Waals surface area contributed by atoms with Gasteiger partial charge in [0.1, 0.15) is 18.1 Å². The molecule has 0 bridgehead atoms. The molecule has 1 amide bonds. The lowest BCUT2D eigenvalue weighted by molar-refractivity contribution is 0.0950. The third kappa shape index (κ3) is 4.68. The lowest BCUT2D eigenvalue weighted by Gasteiger charge is -2.13. The molecule has 0 unspecified atom stereocenters. The number of para-hydroxylation sites is 1. The van der Waals surface area contributed by atoms with Crippen LogP contribution in [0.1, 0.15) is 32.9 Å². The Morgan fingerprint density at radius 2 is 1.90 bits per heavy atom. The van der Waals surface area contributed by atoms with E-state index >= 15 is 0 Å². The molecule has 7 nitrogen and oxygen atoms in total. The fourth-order valence-electron chi connectivity index (χ4n) is 2.96. The average molecular weight is 396 g/mol. The number of nitrogens with zero attached hydrogens (tertiary/aromatic N) is 1. The predicted octanol–water partition coefficient (Wildman–Crippen LogP) is 3.82. The van der Waals surface area contributed by atoms with Crippen molar-refractivity contribution in [2.24, 2.45) is 0 Å². The van der Waals surface area contributed by atoms with Crippen molar-refractivity contribution < 1.29 is 23.5 Å². The summed E-state index contributed by atoms with van der Waals surface area (Å²) < 4.78 is 21.7. The van der Waals surface area contributed by atoms with Gasteiger partial charge in [-0.15, -0.1) is 0 Å². The Morgan fingerprint density at radius 1 is 1.10 bits per heavy atom. The highest BCUT2D eigenvalue weighted by Gasteiger charge is 2.13. The van der Waals surface area contributed by atoms with Gasteiger partial charge in [0.05, 0.1) is 25.5 Å². The van der Waals surface area contributed by atoms with E-state index in [1.54, 1.807) is 38.5 Å². The van der Waals surface area contributed by atoms with Crippen molar-refractivity contribution in [1.82, 2.24) is 10.5 Å². The number of hydrogen-bond donors (Lipinski definition) is 1. The Hall–Kier alpha value is -3.48. The zero-order valence-electron chi connectivity index (χ0n) is 16.9. The van der Waals surface area contributed by atoms with E-state index < -0.39 is 0 Å². The SMILES string of the molecule is COc1cccc(CNC(=O)c2cccc(OCc3c(C)noc3C)c2)c1OC. The molecule has 3 aromatic rings. The molecule has 0 aliphatic rings. The molecule has 0 radical (unpaired) electrons. The van der Waals surface area contributed by atoms with Crippen molar-refractivity contribution in [3.63, 3.8) is 0 Å². The summed E-state index contributed by atoms with van der Waals surface area (Å²) in [6, 6.07) is 12.6. The van der Waals surface area contributed by atoms with Crippen LogP contribution in [0.2, 0.25) is 0 Å². The molecule has 29 heavy (non-hydrogen) atoms. The zero-order chi connectivity index (χ0) is 20.8. The highest BCUT2D eigenvalue weighted by Crippen LogP contribution is 2.30. The van der Waals surface area contributed by atoms with E-state index in [1.165, 1.54) is 0 Å². The third-order valence-corrected chi connectivity index (χ3v) is 4.58. The summed E-state index contributed by atoms with van der Waals surface area (Å²) in [5.41, 5.74) is 3.03. The van der Waals surface area contributed by atoms with Crippen LogP contribution in [0, 0.1) is 13.8 Å². The average Bonchev–Trinajstić information content (AvgIpc) is 3.07. The second kappa shape index (κ2) is 9.14. The molecule has 0 saturated heterocycles. The Balaban J connectivity index is 1.65. The summed E-state index contributed by atoms with van der Waals surface area (Å²) in [5, 5.41) is 6.82. The Morgan fingerprint density at radius 3 is 2.59 bits per heavy atom. The smallest absolute Gasteiger partial charge is 0.251 e. The number of amides is 1. The van der Waals surface area contributed by atoms with E-state index in [0.717, 1.165) is 22.6 Å². The van der Waals surface area contributed by atoms with Crippen LogP contribution in [0.4, 0.5) is 0 Å². The molecule has 0 saturated carbocycles. The first-order valence-corrected chi connectivity index (χ1v) is 9.16. The number of carbonyl (C=O) groups is 1. The van der Waals surface area contributed by atoms with Gasteiger partial charge in [0.25, 0.3) is 5.91 Å². The van der Waals surface area contributed by atoms with Crippen molar-refractivity contribution in [1.29, 1.82) is 0 Å². The maximum atomic E-state index is 12.6. The number of methoxy groups -OCH3 is 2. The monoisotopic (exact) mass is 396 g/mol. The minimum Gasteiger partial charge on any atom is -0.493 e. The molecule has 2 aromatic carbocycles. The van der Waals surface area contributed by atoms with Gasteiger partial charge < -0.3 is 24.1 Å². The van der Waals surface area contributed by atoms with E-state index in [0.29, 0.717) is 36.0 Å². The van der Waals surface area contributed by atoms with Crippen molar-refractivity contribution >= 4 is 5.91 Å². The van der Waals surface area contributed by atoms with Crippen LogP contribution < -0.4 is 19.5 Å². The number of ether oxygens (including phenoxy) is 3. The van der Waals surface area contributed by atoms with Crippen molar-refractivity contribution in [2.45, 2.75) is 27.0 Å². The van der Waals surface area contributed by atoms with Gasteiger partial charge in [0.15, 0.2) is 11.5 Å². The topological polar surface area (TPSA) is 82.8 Å². The predicted molar refractivity (Wildman–Crippen MR) is 107 cm³/mol. The van der Waals surface area contributed by atoms with Crippen LogP contribution in [-0.2, 0) is 13.2 Å². The van der Waals surface area contributed by atoms with Crippen molar-refractivity contribution in [2.75, 3.05) is 14.2 Å². The molecule has 1 N–H and O–H groups in total. The number of aryl methyl sites for hydroxylation is 2. The molecule has 0 aliphatic carbocycles. The van der Waals surface area contributed by atoms with Gasteiger partial charge in [0.2, 0.25) is 0 Å². The first-order valence-electron chi connectivity index (χ1n) is 9.16. The number of benzene rings is 2. The normalized spacial score (nSPS) is 10.5. The molecule has 0 atom stereocenters. The second-order valence-corrected chi connectivity index (χ2v) is 6.45. The van der Waals surface area contributed by atoms with Gasteiger partial charge in [-0.1, -0.05) is 23.4 Å². The van der Waals surface area contributed by atoms with Gasteiger partial charge >= 0.3 is 0 Å². The van der Waals surface area contributed by atoms with Crippen molar-refractivity contribution in [3.05, 3.63) is 70.6 Å². The Labute approximate surface area is 169 Å². The summed E-state index contributed by atoms with van der Waals surface area (Å²) in [5.74, 6) is 2.33. The van der Waals surface area contributed by atoms with Crippen LogP contribution in [-0.4, -0.2) is 25.3 Å². The second-order valence-electron chi connectivity index (χ2n) is 6.45. The molecule has 1 aromatic heterocycles. The highest BCUT2D eigenvalue weighted by atomic mass is 16.5. The first-order chi connectivity index (χ1) is 14.0.